The van der Waals surface area contributed by atoms with Crippen LogP contribution in [0.3, 0.4) is 0 Å². The Morgan fingerprint density at radius 3 is 1.13 bits per heavy atom. The Labute approximate surface area is 473 Å². The van der Waals surface area contributed by atoms with E-state index < -0.39 is 20.0 Å². The summed E-state index contributed by atoms with van der Waals surface area (Å²) in [5.74, 6) is -0.507. The van der Waals surface area contributed by atoms with Crippen LogP contribution in [-0.4, -0.2) is 74.3 Å². The number of allylic oxidation sites excluding steroid dienone is 3. The average molecular weight is 1090 g/mol. The van der Waals surface area contributed by atoms with E-state index in [0.29, 0.717) is 17.4 Å². The lowest BCUT2D eigenvalue weighted by Crippen LogP contribution is -2.47. The summed E-state index contributed by atoms with van der Waals surface area (Å²) in [6, 6.07) is -0.848. The minimum Gasteiger partial charge on any atom is -0.456 e. The first-order valence-corrected chi connectivity index (χ1v) is 34.7. The molecule has 0 aromatic carbocycles. The monoisotopic (exact) mass is 1090 g/mol. The van der Waals surface area contributed by atoms with Gasteiger partial charge in [0, 0.05) is 12.8 Å². The number of phosphoric acid groups is 1. The molecule has 0 aliphatic carbocycles. The number of hydrogen-bond donors (Lipinski definition) is 2. The Kier molecular flexibility index (Phi) is 55.6. The quantitative estimate of drug-likeness (QED) is 0.0205. The normalized spacial score (nSPS) is 13.7. The maximum atomic E-state index is 13.6. The summed E-state index contributed by atoms with van der Waals surface area (Å²) in [4.78, 5) is 37.7. The van der Waals surface area contributed by atoms with Crippen molar-refractivity contribution < 1.29 is 37.3 Å². The highest BCUT2D eigenvalue weighted by molar-refractivity contribution is 7.47. The van der Waals surface area contributed by atoms with E-state index in [9.17, 15) is 19.0 Å². The number of carbonyl (C=O) groups is 2. The molecule has 0 fully saturated rings. The van der Waals surface area contributed by atoms with E-state index in [1.807, 2.05) is 33.3 Å². The van der Waals surface area contributed by atoms with Gasteiger partial charge in [-0.25, -0.2) is 4.57 Å². The minimum atomic E-state index is -4.45. The number of unbranched alkanes of at least 4 members (excludes halogenated alkanes) is 43. The molecule has 3 atom stereocenters. The Morgan fingerprint density at radius 1 is 0.447 bits per heavy atom. The van der Waals surface area contributed by atoms with E-state index in [4.69, 9.17) is 13.8 Å². The first-order chi connectivity index (χ1) is 36.9. The topological polar surface area (TPSA) is 111 Å². The van der Waals surface area contributed by atoms with Crippen molar-refractivity contribution in [2.24, 2.45) is 0 Å². The lowest BCUT2D eigenvalue weighted by Gasteiger charge is -2.27. The molecule has 76 heavy (non-hydrogen) atoms. The first-order valence-electron chi connectivity index (χ1n) is 33.2. The van der Waals surface area contributed by atoms with Gasteiger partial charge in [0.25, 0.3) is 0 Å². The highest BCUT2D eigenvalue weighted by atomic mass is 31.2. The second-order valence-corrected chi connectivity index (χ2v) is 25.5. The Balaban J connectivity index is 5.01. The van der Waals surface area contributed by atoms with E-state index in [0.717, 1.165) is 70.6 Å². The lowest BCUT2D eigenvalue weighted by molar-refractivity contribution is -0.870. The van der Waals surface area contributed by atoms with Gasteiger partial charge in [-0.15, -0.1) is 0 Å². The number of likely N-dealkylation sites (N-methyl/N-ethyl adjacent to an activating group) is 1. The summed E-state index contributed by atoms with van der Waals surface area (Å²) in [6.07, 6.45) is 67.7. The third-order valence-corrected chi connectivity index (χ3v) is 16.1. The van der Waals surface area contributed by atoms with Gasteiger partial charge >= 0.3 is 13.8 Å². The number of ether oxygens (including phenoxy) is 1. The van der Waals surface area contributed by atoms with Crippen molar-refractivity contribution in [1.29, 1.82) is 0 Å². The number of quaternary nitrogens is 1. The van der Waals surface area contributed by atoms with Gasteiger partial charge in [0.15, 0.2) is 0 Å². The van der Waals surface area contributed by atoms with Gasteiger partial charge in [-0.3, -0.25) is 18.6 Å². The third-order valence-electron chi connectivity index (χ3n) is 15.1. The SMILES string of the molecule is CCCCCCCCC/C=C\CCCCCC(=O)OC(/C=C\CCCCCCCCCCC)C(COP(=O)(O)OCC[N+](C)(C)C)NC(=O)CCCCCCCCCCCCCCCCCCCCCCCCCCC. The zero-order valence-electron chi connectivity index (χ0n) is 51.5. The van der Waals surface area contributed by atoms with Crippen LogP contribution < -0.4 is 5.32 Å². The van der Waals surface area contributed by atoms with Crippen LogP contribution in [-0.2, 0) is 27.9 Å². The molecule has 2 N–H and O–H groups in total. The molecule has 0 aliphatic rings. The van der Waals surface area contributed by atoms with Crippen LogP contribution >= 0.6 is 7.82 Å². The fourth-order valence-corrected chi connectivity index (χ4v) is 10.7. The molecule has 9 nitrogen and oxygen atoms in total. The van der Waals surface area contributed by atoms with Crippen LogP contribution in [0.25, 0.3) is 0 Å². The number of nitrogens with one attached hydrogen (secondary N) is 1. The molecule has 0 aliphatic heterocycles. The zero-order valence-corrected chi connectivity index (χ0v) is 52.4. The number of phosphoric ester groups is 1. The highest BCUT2D eigenvalue weighted by Crippen LogP contribution is 2.43. The molecule has 0 spiro atoms. The molecule has 0 saturated carbocycles. The van der Waals surface area contributed by atoms with Crippen molar-refractivity contribution in [2.45, 2.75) is 348 Å². The maximum absolute atomic E-state index is 13.6. The van der Waals surface area contributed by atoms with Crippen molar-refractivity contribution in [3.63, 3.8) is 0 Å². The van der Waals surface area contributed by atoms with Crippen LogP contribution in [0.1, 0.15) is 335 Å². The summed E-state index contributed by atoms with van der Waals surface area (Å²) in [5.41, 5.74) is 0. The van der Waals surface area contributed by atoms with Gasteiger partial charge < -0.3 is 19.4 Å². The average Bonchev–Trinajstić information content (AvgIpc) is 3.38. The predicted molar refractivity (Wildman–Crippen MR) is 328 cm³/mol. The molecular weight excluding hydrogens is 964 g/mol. The Bertz CT molecular complexity index is 1350. The Hall–Kier alpha value is -1.51. The molecule has 0 aromatic heterocycles. The molecule has 0 rings (SSSR count). The molecule has 0 heterocycles. The number of amides is 1. The molecule has 1 amide bonds. The molecule has 0 aromatic rings. The maximum Gasteiger partial charge on any atom is 0.472 e. The van der Waals surface area contributed by atoms with Gasteiger partial charge in [-0.05, 0) is 57.4 Å². The Morgan fingerprint density at radius 2 is 0.763 bits per heavy atom. The molecule has 10 heteroatoms. The molecule has 0 radical (unpaired) electrons. The molecule has 0 bridgehead atoms. The van der Waals surface area contributed by atoms with Crippen LogP contribution in [0.5, 0.6) is 0 Å². The number of esters is 1. The van der Waals surface area contributed by atoms with Crippen LogP contribution in [0, 0.1) is 0 Å². The molecule has 0 saturated heterocycles. The number of carbonyl (C=O) groups excluding carboxylic acids is 2. The minimum absolute atomic E-state index is 0.0416. The summed E-state index contributed by atoms with van der Waals surface area (Å²) in [6.45, 7) is 7.04. The number of rotatable bonds is 61. The fraction of sp³-hybridized carbons (Fsp3) is 0.909. The largest absolute Gasteiger partial charge is 0.472 e. The van der Waals surface area contributed by atoms with Crippen LogP contribution in [0.15, 0.2) is 24.3 Å². The van der Waals surface area contributed by atoms with E-state index in [1.165, 1.54) is 231 Å². The van der Waals surface area contributed by atoms with Crippen LogP contribution in [0.2, 0.25) is 0 Å². The predicted octanol–water partition coefficient (Wildman–Crippen LogP) is 20.5. The van der Waals surface area contributed by atoms with Gasteiger partial charge in [0.05, 0.1) is 33.8 Å². The summed E-state index contributed by atoms with van der Waals surface area (Å²) in [5, 5.41) is 3.06. The second-order valence-electron chi connectivity index (χ2n) is 24.0. The second kappa shape index (κ2) is 56.8. The third kappa shape index (κ3) is 57.2. The fourth-order valence-electron chi connectivity index (χ4n) is 10.00. The number of nitrogens with zero attached hydrogens (tertiary/aromatic N) is 1. The van der Waals surface area contributed by atoms with Gasteiger partial charge in [-0.1, -0.05) is 289 Å². The summed E-state index contributed by atoms with van der Waals surface area (Å²) >= 11 is 0. The smallest absolute Gasteiger partial charge is 0.456 e. The van der Waals surface area contributed by atoms with Crippen molar-refractivity contribution in [2.75, 3.05) is 40.9 Å². The van der Waals surface area contributed by atoms with E-state index in [2.05, 4.69) is 38.2 Å². The van der Waals surface area contributed by atoms with Gasteiger partial charge in [0.2, 0.25) is 5.91 Å². The van der Waals surface area contributed by atoms with Crippen molar-refractivity contribution in [1.82, 2.24) is 5.32 Å². The van der Waals surface area contributed by atoms with Crippen molar-refractivity contribution >= 4 is 19.7 Å². The van der Waals surface area contributed by atoms with Crippen molar-refractivity contribution in [3.05, 3.63) is 24.3 Å². The molecular formula is C66H130N2O7P+. The van der Waals surface area contributed by atoms with Gasteiger partial charge in [0.1, 0.15) is 19.3 Å². The highest BCUT2D eigenvalue weighted by Gasteiger charge is 2.30. The summed E-state index contributed by atoms with van der Waals surface area (Å²) in [7, 11) is 1.51. The standard InChI is InChI=1S/C66H129N2O7P/c1-7-10-13-16-19-22-25-27-29-30-31-32-33-34-35-36-37-38-39-40-43-46-49-52-55-58-65(69)67-63(62-74-76(71,72)73-61-60-68(4,5)6)64(57-54-51-48-45-42-24-21-18-15-12-9-3)75-66(70)59-56-53-50-47-44-41-28-26-23-20-17-14-11-8-2/h41,44,54,57,63-64H,7-40,42-43,45-53,55-56,58-62H2,1-6H3,(H-,67,69,71,72)/p+1/b44-41-,57-54-. The van der Waals surface area contributed by atoms with E-state index in [-0.39, 0.29) is 31.5 Å². The first kappa shape index (κ1) is 74.5. The zero-order chi connectivity index (χ0) is 55.7. The van der Waals surface area contributed by atoms with Crippen molar-refractivity contribution in [3.8, 4) is 0 Å². The van der Waals surface area contributed by atoms with E-state index in [1.54, 1.807) is 0 Å². The number of hydrogen-bond acceptors (Lipinski definition) is 6. The molecule has 450 valence electrons. The molecule has 3 unspecified atom stereocenters. The van der Waals surface area contributed by atoms with Gasteiger partial charge in [-0.2, -0.15) is 0 Å². The lowest BCUT2D eigenvalue weighted by atomic mass is 10.0. The summed E-state index contributed by atoms with van der Waals surface area (Å²) < 4.78 is 30.7. The van der Waals surface area contributed by atoms with E-state index >= 15 is 0 Å². The van der Waals surface area contributed by atoms with Crippen LogP contribution in [0.4, 0.5) is 0 Å².